The molecule has 7 heteroatoms. The first-order valence-electron chi connectivity index (χ1n) is 8.68. The van der Waals surface area contributed by atoms with Crippen molar-refractivity contribution in [3.8, 4) is 17.0 Å². The molecular weight excluding hydrogens is 338 g/mol. The number of anilines is 1. The van der Waals surface area contributed by atoms with Gasteiger partial charge in [-0.15, -0.1) is 10.2 Å². The number of hydrogen-bond donors (Lipinski definition) is 1. The van der Waals surface area contributed by atoms with Gasteiger partial charge in [0.05, 0.1) is 5.69 Å². The molecule has 1 aromatic carbocycles. The maximum atomic E-state index is 10.1. The maximum absolute atomic E-state index is 10.1. The van der Waals surface area contributed by atoms with Crippen molar-refractivity contribution in [3.05, 3.63) is 28.9 Å². The molecule has 25 heavy (non-hydrogen) atoms. The average molecular weight is 360 g/mol. The number of phenolic OH excluding ortho intramolecular Hbond substituents is 1. The van der Waals surface area contributed by atoms with Crippen LogP contribution in [0.3, 0.4) is 0 Å². The van der Waals surface area contributed by atoms with Gasteiger partial charge in [-0.1, -0.05) is 11.6 Å². The minimum absolute atomic E-state index is 0.131. The number of aromatic hydroxyl groups is 1. The quantitative estimate of drug-likeness (QED) is 0.889. The van der Waals surface area contributed by atoms with Gasteiger partial charge in [0.25, 0.3) is 0 Å². The molecule has 2 atom stereocenters. The van der Waals surface area contributed by atoms with Crippen LogP contribution in [0.25, 0.3) is 11.3 Å². The monoisotopic (exact) mass is 359 g/mol. The van der Waals surface area contributed by atoms with E-state index in [4.69, 9.17) is 16.6 Å². The predicted octanol–water partition coefficient (Wildman–Crippen LogP) is 2.74. The van der Waals surface area contributed by atoms with Crippen LogP contribution in [-0.4, -0.2) is 57.9 Å². The summed E-state index contributed by atoms with van der Waals surface area (Å²) in [5.74, 6) is 1.54. The number of piperidine rings is 1. The Balaban J connectivity index is 1.65. The Morgan fingerprint density at radius 3 is 2.80 bits per heavy atom. The fraction of sp³-hybridized carbons (Fsp3) is 0.500. The highest BCUT2D eigenvalue weighted by Gasteiger charge is 2.38. The lowest BCUT2D eigenvalue weighted by Gasteiger charge is -2.36. The van der Waals surface area contributed by atoms with Gasteiger partial charge in [-0.3, -0.25) is 0 Å². The number of aryl methyl sites for hydroxylation is 1. The second kappa shape index (κ2) is 6.42. The standard InChI is InChI=1S/C18H22ClN5O/c1-11-17(14-9-13(19)3-4-16(14)25)21-22-18(20-11)24-8-6-12-5-7-23(2)10-15(12)24/h3-4,9,12,15,25H,5-8,10H2,1-2H3/t12-,15-/m0/s1. The number of likely N-dealkylation sites (N-methyl/N-ethyl adjacent to an activating group) is 1. The highest BCUT2D eigenvalue weighted by Crippen LogP contribution is 2.35. The summed E-state index contributed by atoms with van der Waals surface area (Å²) < 4.78 is 0. The van der Waals surface area contributed by atoms with Crippen molar-refractivity contribution in [3.63, 3.8) is 0 Å². The molecule has 0 aliphatic carbocycles. The lowest BCUT2D eigenvalue weighted by molar-refractivity contribution is 0.207. The van der Waals surface area contributed by atoms with E-state index in [0.29, 0.717) is 28.3 Å². The van der Waals surface area contributed by atoms with Gasteiger partial charge in [0.1, 0.15) is 11.4 Å². The van der Waals surface area contributed by atoms with Crippen molar-refractivity contribution in [1.82, 2.24) is 20.1 Å². The summed E-state index contributed by atoms with van der Waals surface area (Å²) >= 11 is 6.05. The molecule has 2 saturated heterocycles. The van der Waals surface area contributed by atoms with Crippen molar-refractivity contribution >= 4 is 17.5 Å². The number of hydrogen-bond acceptors (Lipinski definition) is 6. The highest BCUT2D eigenvalue weighted by molar-refractivity contribution is 6.30. The maximum Gasteiger partial charge on any atom is 0.245 e. The molecule has 2 fully saturated rings. The van der Waals surface area contributed by atoms with Crippen LogP contribution in [0.4, 0.5) is 5.95 Å². The Hall–Kier alpha value is -1.92. The summed E-state index contributed by atoms with van der Waals surface area (Å²) in [5.41, 5.74) is 1.88. The third-order valence-corrected chi connectivity index (χ3v) is 5.62. The van der Waals surface area contributed by atoms with Crippen molar-refractivity contribution in [1.29, 1.82) is 0 Å². The summed E-state index contributed by atoms with van der Waals surface area (Å²) in [6.45, 7) is 5.09. The summed E-state index contributed by atoms with van der Waals surface area (Å²) in [6.07, 6.45) is 2.43. The number of aromatic nitrogens is 3. The normalized spacial score (nSPS) is 23.7. The molecule has 1 N–H and O–H groups in total. The summed E-state index contributed by atoms with van der Waals surface area (Å²) in [4.78, 5) is 9.36. The molecular formula is C18H22ClN5O. The first-order valence-corrected chi connectivity index (χ1v) is 9.06. The SMILES string of the molecule is Cc1nc(N2CC[C@@H]3CCN(C)C[C@@H]32)nnc1-c1cc(Cl)ccc1O. The van der Waals surface area contributed by atoms with E-state index in [-0.39, 0.29) is 5.75 Å². The van der Waals surface area contributed by atoms with Crippen LogP contribution in [-0.2, 0) is 0 Å². The van der Waals surface area contributed by atoms with E-state index in [0.717, 1.165) is 24.7 Å². The minimum atomic E-state index is 0.131. The molecule has 0 amide bonds. The van der Waals surface area contributed by atoms with E-state index in [1.54, 1.807) is 18.2 Å². The Labute approximate surface area is 152 Å². The highest BCUT2D eigenvalue weighted by atomic mass is 35.5. The fourth-order valence-corrected chi connectivity index (χ4v) is 4.18. The van der Waals surface area contributed by atoms with Gasteiger partial charge < -0.3 is 14.9 Å². The molecule has 0 unspecified atom stereocenters. The number of rotatable bonds is 2. The molecule has 2 aromatic rings. The number of halogens is 1. The van der Waals surface area contributed by atoms with Gasteiger partial charge in [0.15, 0.2) is 0 Å². The Bertz CT molecular complexity index is 799. The third-order valence-electron chi connectivity index (χ3n) is 5.39. The molecule has 0 bridgehead atoms. The zero-order valence-electron chi connectivity index (χ0n) is 14.5. The van der Waals surface area contributed by atoms with Gasteiger partial charge in [-0.2, -0.15) is 0 Å². The minimum Gasteiger partial charge on any atom is -0.507 e. The lowest BCUT2D eigenvalue weighted by Crippen LogP contribution is -2.47. The van der Waals surface area contributed by atoms with Gasteiger partial charge in [-0.25, -0.2) is 4.98 Å². The number of phenols is 1. The van der Waals surface area contributed by atoms with Crippen molar-refractivity contribution < 1.29 is 5.11 Å². The number of likely N-dealkylation sites (tertiary alicyclic amines) is 1. The zero-order valence-corrected chi connectivity index (χ0v) is 15.2. The number of nitrogens with zero attached hydrogens (tertiary/aromatic N) is 5. The largest absolute Gasteiger partial charge is 0.507 e. The summed E-state index contributed by atoms with van der Waals surface area (Å²) in [5, 5.41) is 19.4. The zero-order chi connectivity index (χ0) is 17.6. The molecule has 6 nitrogen and oxygen atoms in total. The second-order valence-electron chi connectivity index (χ2n) is 7.07. The van der Waals surface area contributed by atoms with Crippen LogP contribution in [0, 0.1) is 12.8 Å². The molecule has 4 rings (SSSR count). The predicted molar refractivity (Wildman–Crippen MR) is 98.0 cm³/mol. The first kappa shape index (κ1) is 16.5. The van der Waals surface area contributed by atoms with Gasteiger partial charge in [0, 0.05) is 29.7 Å². The van der Waals surface area contributed by atoms with Crippen molar-refractivity contribution in [2.75, 3.05) is 31.6 Å². The van der Waals surface area contributed by atoms with Crippen molar-refractivity contribution in [2.24, 2.45) is 5.92 Å². The van der Waals surface area contributed by atoms with Gasteiger partial charge >= 0.3 is 0 Å². The number of benzene rings is 1. The molecule has 0 radical (unpaired) electrons. The Morgan fingerprint density at radius 1 is 1.20 bits per heavy atom. The smallest absolute Gasteiger partial charge is 0.245 e. The van der Waals surface area contributed by atoms with E-state index in [1.807, 2.05) is 6.92 Å². The van der Waals surface area contributed by atoms with Crippen LogP contribution in [0.1, 0.15) is 18.5 Å². The van der Waals surface area contributed by atoms with Crippen LogP contribution < -0.4 is 4.90 Å². The van der Waals surface area contributed by atoms with Crippen LogP contribution in [0.2, 0.25) is 5.02 Å². The number of fused-ring (bicyclic) bond motifs is 1. The van der Waals surface area contributed by atoms with Crippen LogP contribution in [0.15, 0.2) is 18.2 Å². The van der Waals surface area contributed by atoms with E-state index in [2.05, 4.69) is 27.0 Å². The fourth-order valence-electron chi connectivity index (χ4n) is 4.01. The van der Waals surface area contributed by atoms with E-state index in [1.165, 1.54) is 19.4 Å². The van der Waals surface area contributed by atoms with Crippen molar-refractivity contribution in [2.45, 2.75) is 25.8 Å². The molecule has 3 heterocycles. The van der Waals surface area contributed by atoms with Crippen LogP contribution in [0.5, 0.6) is 5.75 Å². The lowest BCUT2D eigenvalue weighted by atomic mass is 9.92. The Kier molecular flexibility index (Phi) is 4.25. The second-order valence-corrected chi connectivity index (χ2v) is 7.50. The molecule has 2 aliphatic heterocycles. The van der Waals surface area contributed by atoms with E-state index in [9.17, 15) is 5.11 Å². The topological polar surface area (TPSA) is 65.4 Å². The van der Waals surface area contributed by atoms with Gasteiger partial charge in [0.2, 0.25) is 5.95 Å². The summed E-state index contributed by atoms with van der Waals surface area (Å²) in [7, 11) is 2.17. The van der Waals surface area contributed by atoms with E-state index >= 15 is 0 Å². The molecule has 132 valence electrons. The Morgan fingerprint density at radius 2 is 2.00 bits per heavy atom. The van der Waals surface area contributed by atoms with Crippen LogP contribution >= 0.6 is 11.6 Å². The molecule has 0 spiro atoms. The average Bonchev–Trinajstić information content (AvgIpc) is 3.00. The first-order chi connectivity index (χ1) is 12.0. The molecule has 2 aliphatic rings. The molecule has 0 saturated carbocycles. The van der Waals surface area contributed by atoms with Gasteiger partial charge in [-0.05, 0) is 57.5 Å². The molecule has 1 aromatic heterocycles. The third kappa shape index (κ3) is 3.04. The van der Waals surface area contributed by atoms with E-state index < -0.39 is 0 Å². The summed E-state index contributed by atoms with van der Waals surface area (Å²) in [6, 6.07) is 5.37.